The molecule has 0 aliphatic rings. The minimum atomic E-state index is -4.63. The van der Waals surface area contributed by atoms with E-state index in [1.165, 1.54) is 23.2 Å². The molecule has 0 spiro atoms. The molecule has 0 N–H and O–H groups in total. The second kappa shape index (κ2) is 7.25. The van der Waals surface area contributed by atoms with Gasteiger partial charge in [-0.25, -0.2) is 19.3 Å². The number of carbonyl (C=O) groups is 1. The summed E-state index contributed by atoms with van der Waals surface area (Å²) in [5.41, 5.74) is -1.98. The van der Waals surface area contributed by atoms with Crippen LogP contribution in [0.2, 0.25) is 0 Å². The van der Waals surface area contributed by atoms with Crippen LogP contribution >= 0.6 is 0 Å². The predicted octanol–water partition coefficient (Wildman–Crippen LogP) is 1.34. The molecule has 28 heavy (non-hydrogen) atoms. The Morgan fingerprint density at radius 2 is 1.89 bits per heavy atom. The van der Waals surface area contributed by atoms with E-state index in [2.05, 4.69) is 20.5 Å². The highest BCUT2D eigenvalue weighted by atomic mass is 19.4. The molecule has 0 aromatic carbocycles. The molecule has 1 amide bonds. The lowest BCUT2D eigenvalue weighted by atomic mass is 10.4. The molecular weight excluding hydrogens is 381 g/mol. The Bertz CT molecular complexity index is 1050. The van der Waals surface area contributed by atoms with Crippen LogP contribution in [-0.2, 0) is 6.18 Å². The monoisotopic (exact) mass is 396 g/mol. The molecule has 0 bridgehead atoms. The van der Waals surface area contributed by atoms with Gasteiger partial charge >= 0.3 is 17.9 Å². The van der Waals surface area contributed by atoms with E-state index >= 15 is 0 Å². The largest absolute Gasteiger partial charge is 0.435 e. The highest BCUT2D eigenvalue weighted by Crippen LogP contribution is 2.28. The zero-order valence-electron chi connectivity index (χ0n) is 14.8. The smallest absolute Gasteiger partial charge is 0.323 e. The number of tetrazole rings is 1. The molecular formula is C15H15F3N8O2. The maximum Gasteiger partial charge on any atom is 0.435 e. The topological polar surface area (TPSA) is 104 Å². The fourth-order valence-corrected chi connectivity index (χ4v) is 2.47. The lowest BCUT2D eigenvalue weighted by Gasteiger charge is -2.16. The standard InChI is InChI=1S/C15H15F3N8O2/c1-3-23(4-2)13(27)26-14(28)25(21-22-26)10-6-5-8-19-12(10)24-9-7-11(20-24)15(16,17)18/h5-9H,3-4H2,1-2H3. The number of alkyl halides is 3. The van der Waals surface area contributed by atoms with Crippen LogP contribution in [0.25, 0.3) is 11.5 Å². The van der Waals surface area contributed by atoms with E-state index in [1.54, 1.807) is 13.8 Å². The molecule has 10 nitrogen and oxygen atoms in total. The minimum absolute atomic E-state index is 0.0166. The van der Waals surface area contributed by atoms with E-state index < -0.39 is 23.6 Å². The quantitative estimate of drug-likeness (QED) is 0.617. The van der Waals surface area contributed by atoms with Gasteiger partial charge in [-0.15, -0.1) is 4.68 Å². The van der Waals surface area contributed by atoms with Crippen LogP contribution in [0.4, 0.5) is 18.0 Å². The van der Waals surface area contributed by atoms with Crippen LogP contribution in [-0.4, -0.2) is 58.6 Å². The van der Waals surface area contributed by atoms with Crippen molar-refractivity contribution < 1.29 is 18.0 Å². The second-order valence-electron chi connectivity index (χ2n) is 5.53. The summed E-state index contributed by atoms with van der Waals surface area (Å²) in [6.07, 6.45) is -2.24. The van der Waals surface area contributed by atoms with Crippen molar-refractivity contribution in [2.24, 2.45) is 0 Å². The summed E-state index contributed by atoms with van der Waals surface area (Å²) in [5.74, 6) is -0.0811. The molecule has 3 aromatic rings. The molecule has 148 valence electrons. The third kappa shape index (κ3) is 3.37. The third-order valence-corrected chi connectivity index (χ3v) is 3.89. The summed E-state index contributed by atoms with van der Waals surface area (Å²) >= 11 is 0. The second-order valence-corrected chi connectivity index (χ2v) is 5.53. The van der Waals surface area contributed by atoms with Crippen molar-refractivity contribution in [2.45, 2.75) is 20.0 Å². The van der Waals surface area contributed by atoms with Crippen LogP contribution in [0, 0.1) is 0 Å². The molecule has 13 heteroatoms. The molecule has 0 radical (unpaired) electrons. The number of rotatable bonds is 4. The van der Waals surface area contributed by atoms with Gasteiger partial charge in [0.2, 0.25) is 0 Å². The molecule has 3 aromatic heterocycles. The minimum Gasteiger partial charge on any atom is -0.323 e. The zero-order chi connectivity index (χ0) is 20.5. The van der Waals surface area contributed by atoms with Crippen LogP contribution in [0.1, 0.15) is 19.5 Å². The molecule has 0 unspecified atom stereocenters. The van der Waals surface area contributed by atoms with Gasteiger partial charge in [0.25, 0.3) is 0 Å². The first-order valence-corrected chi connectivity index (χ1v) is 8.20. The number of hydrogen-bond acceptors (Lipinski definition) is 6. The average Bonchev–Trinajstić information content (AvgIpc) is 3.29. The first-order chi connectivity index (χ1) is 13.3. The molecule has 0 aliphatic carbocycles. The van der Waals surface area contributed by atoms with Crippen molar-refractivity contribution in [3.05, 3.63) is 46.8 Å². The molecule has 0 saturated carbocycles. The van der Waals surface area contributed by atoms with Gasteiger partial charge in [0, 0.05) is 25.5 Å². The summed E-state index contributed by atoms with van der Waals surface area (Å²) in [6.45, 7) is 4.21. The Balaban J connectivity index is 2.07. The molecule has 0 fully saturated rings. The van der Waals surface area contributed by atoms with E-state index in [1.807, 2.05) is 0 Å². The molecule has 0 atom stereocenters. The number of hydrogen-bond donors (Lipinski definition) is 0. The number of aromatic nitrogens is 7. The highest BCUT2D eigenvalue weighted by Gasteiger charge is 2.34. The summed E-state index contributed by atoms with van der Waals surface area (Å²) < 4.78 is 40.7. The summed E-state index contributed by atoms with van der Waals surface area (Å²) in [5, 5.41) is 10.7. The van der Waals surface area contributed by atoms with Crippen molar-refractivity contribution in [1.82, 2.24) is 39.5 Å². The van der Waals surface area contributed by atoms with Crippen molar-refractivity contribution >= 4 is 6.03 Å². The summed E-state index contributed by atoms with van der Waals surface area (Å²) in [6, 6.07) is 2.98. The van der Waals surface area contributed by atoms with E-state index in [0.29, 0.717) is 17.8 Å². The van der Waals surface area contributed by atoms with E-state index in [9.17, 15) is 22.8 Å². The molecule has 0 saturated heterocycles. The van der Waals surface area contributed by atoms with Crippen LogP contribution in [0.3, 0.4) is 0 Å². The lowest BCUT2D eigenvalue weighted by Crippen LogP contribution is -2.40. The van der Waals surface area contributed by atoms with Crippen LogP contribution in [0.15, 0.2) is 35.4 Å². The van der Waals surface area contributed by atoms with E-state index in [-0.39, 0.29) is 11.5 Å². The van der Waals surface area contributed by atoms with Crippen molar-refractivity contribution in [2.75, 3.05) is 13.1 Å². The number of amides is 1. The third-order valence-electron chi connectivity index (χ3n) is 3.89. The van der Waals surface area contributed by atoms with Gasteiger partial charge in [-0.2, -0.15) is 23.0 Å². The maximum atomic E-state index is 12.8. The fourth-order valence-electron chi connectivity index (χ4n) is 2.47. The Kier molecular flexibility index (Phi) is 4.98. The summed E-state index contributed by atoms with van der Waals surface area (Å²) in [7, 11) is 0. The highest BCUT2D eigenvalue weighted by molar-refractivity contribution is 5.75. The van der Waals surface area contributed by atoms with Gasteiger partial charge in [-0.05, 0) is 42.5 Å². The van der Waals surface area contributed by atoms with Crippen LogP contribution in [0.5, 0.6) is 0 Å². The first kappa shape index (κ1) is 19.3. The number of nitrogens with zero attached hydrogens (tertiary/aromatic N) is 8. The van der Waals surface area contributed by atoms with Gasteiger partial charge in [0.15, 0.2) is 11.5 Å². The van der Waals surface area contributed by atoms with Gasteiger partial charge in [-0.1, -0.05) is 0 Å². The molecule has 3 rings (SSSR count). The Morgan fingerprint density at radius 3 is 2.50 bits per heavy atom. The van der Waals surface area contributed by atoms with E-state index in [4.69, 9.17) is 0 Å². The van der Waals surface area contributed by atoms with Crippen molar-refractivity contribution in [1.29, 1.82) is 0 Å². The maximum absolute atomic E-state index is 12.8. The SMILES string of the molecule is CCN(CC)C(=O)n1nnn(-c2cccnc2-n2ccc(C(F)(F)F)n2)c1=O. The van der Waals surface area contributed by atoms with E-state index in [0.717, 1.165) is 21.6 Å². The first-order valence-electron chi connectivity index (χ1n) is 8.20. The number of halogens is 3. The predicted molar refractivity (Wildman–Crippen MR) is 89.3 cm³/mol. The Labute approximate surface area is 155 Å². The van der Waals surface area contributed by atoms with Crippen molar-refractivity contribution in [3.8, 4) is 11.5 Å². The Morgan fingerprint density at radius 1 is 1.18 bits per heavy atom. The zero-order valence-corrected chi connectivity index (χ0v) is 14.8. The summed E-state index contributed by atoms with van der Waals surface area (Å²) in [4.78, 5) is 30.3. The number of carbonyl (C=O) groups excluding carboxylic acids is 1. The van der Waals surface area contributed by atoms with Gasteiger partial charge in [-0.3, -0.25) is 0 Å². The molecule has 3 heterocycles. The number of pyridine rings is 1. The lowest BCUT2D eigenvalue weighted by molar-refractivity contribution is -0.141. The Hall–Kier alpha value is -3.51. The average molecular weight is 396 g/mol. The van der Waals surface area contributed by atoms with Crippen molar-refractivity contribution in [3.63, 3.8) is 0 Å². The van der Waals surface area contributed by atoms with Crippen LogP contribution < -0.4 is 5.69 Å². The van der Waals surface area contributed by atoms with Gasteiger partial charge in [0.1, 0.15) is 5.69 Å². The van der Waals surface area contributed by atoms with Gasteiger partial charge < -0.3 is 4.90 Å². The fraction of sp³-hybridized carbons (Fsp3) is 0.333. The normalized spacial score (nSPS) is 11.6. The van der Waals surface area contributed by atoms with Gasteiger partial charge in [0.05, 0.1) is 0 Å². The molecule has 0 aliphatic heterocycles.